The number of likely N-dealkylation sites (N-methyl/N-ethyl adjacent to an activating group) is 1. The van der Waals surface area contributed by atoms with E-state index in [1.54, 1.807) is 11.9 Å². The zero-order chi connectivity index (χ0) is 16.4. The van der Waals surface area contributed by atoms with Crippen LogP contribution >= 0.6 is 0 Å². The first-order valence-electron chi connectivity index (χ1n) is 7.41. The number of carbonyl (C=O) groups is 2. The van der Waals surface area contributed by atoms with E-state index in [1.807, 2.05) is 55.5 Å². The van der Waals surface area contributed by atoms with Gasteiger partial charge in [0.15, 0.2) is 6.61 Å². The van der Waals surface area contributed by atoms with Gasteiger partial charge in [0.2, 0.25) is 5.91 Å². The number of amides is 2. The van der Waals surface area contributed by atoms with Crippen LogP contribution in [0.2, 0.25) is 0 Å². The molecule has 1 aliphatic heterocycles. The van der Waals surface area contributed by atoms with E-state index in [1.165, 1.54) is 4.90 Å². The molecule has 5 heteroatoms. The standard InChI is InChI=1S/C18H18N2O3/c1-13-8-9-16-15(10-13)20(18(22)12-23-16)11-17(21)19(2)14-6-4-3-5-7-14/h3-10H,11-12H2,1-2H3. The van der Waals surface area contributed by atoms with Crippen LogP contribution in [-0.4, -0.2) is 32.0 Å². The number of fused-ring (bicyclic) bond motifs is 1. The fourth-order valence-corrected chi connectivity index (χ4v) is 2.52. The van der Waals surface area contributed by atoms with E-state index in [0.717, 1.165) is 11.3 Å². The first-order valence-corrected chi connectivity index (χ1v) is 7.41. The maximum Gasteiger partial charge on any atom is 0.265 e. The Balaban J connectivity index is 1.84. The van der Waals surface area contributed by atoms with Crippen LogP contribution in [0.3, 0.4) is 0 Å². The molecular formula is C18H18N2O3. The molecule has 0 aromatic heterocycles. The van der Waals surface area contributed by atoms with E-state index in [-0.39, 0.29) is 25.0 Å². The van der Waals surface area contributed by atoms with Crippen LogP contribution in [0.25, 0.3) is 0 Å². The Hall–Kier alpha value is -2.82. The molecule has 2 aromatic carbocycles. The zero-order valence-electron chi connectivity index (χ0n) is 13.2. The van der Waals surface area contributed by atoms with Crippen molar-refractivity contribution in [3.63, 3.8) is 0 Å². The van der Waals surface area contributed by atoms with Gasteiger partial charge in [-0.3, -0.25) is 14.5 Å². The Morgan fingerprint density at radius 3 is 2.70 bits per heavy atom. The van der Waals surface area contributed by atoms with Crippen LogP contribution in [0.5, 0.6) is 5.75 Å². The summed E-state index contributed by atoms with van der Waals surface area (Å²) in [5, 5.41) is 0. The summed E-state index contributed by atoms with van der Waals surface area (Å²) in [6, 6.07) is 15.0. The SMILES string of the molecule is Cc1ccc2c(c1)N(CC(=O)N(C)c1ccccc1)C(=O)CO2. The Morgan fingerprint density at radius 1 is 1.22 bits per heavy atom. The lowest BCUT2D eigenvalue weighted by atomic mass is 10.1. The lowest BCUT2D eigenvalue weighted by Gasteiger charge is -2.30. The van der Waals surface area contributed by atoms with E-state index < -0.39 is 0 Å². The second kappa shape index (κ2) is 6.12. The molecule has 2 amide bonds. The lowest BCUT2D eigenvalue weighted by Crippen LogP contribution is -2.45. The van der Waals surface area contributed by atoms with Crippen molar-refractivity contribution >= 4 is 23.2 Å². The second-order valence-electron chi connectivity index (χ2n) is 5.53. The van der Waals surface area contributed by atoms with Gasteiger partial charge in [-0.1, -0.05) is 24.3 Å². The fourth-order valence-electron chi connectivity index (χ4n) is 2.52. The minimum Gasteiger partial charge on any atom is -0.482 e. The summed E-state index contributed by atoms with van der Waals surface area (Å²) in [6.07, 6.45) is 0. The molecule has 1 heterocycles. The van der Waals surface area contributed by atoms with Crippen molar-refractivity contribution in [1.82, 2.24) is 0 Å². The highest BCUT2D eigenvalue weighted by Gasteiger charge is 2.28. The summed E-state index contributed by atoms with van der Waals surface area (Å²) in [6.45, 7) is 1.89. The highest BCUT2D eigenvalue weighted by atomic mass is 16.5. The summed E-state index contributed by atoms with van der Waals surface area (Å²) in [5.41, 5.74) is 2.45. The Labute approximate surface area is 135 Å². The monoisotopic (exact) mass is 310 g/mol. The number of anilines is 2. The Bertz CT molecular complexity index is 743. The Morgan fingerprint density at radius 2 is 1.96 bits per heavy atom. The van der Waals surface area contributed by atoms with Gasteiger partial charge in [0.05, 0.1) is 5.69 Å². The van der Waals surface area contributed by atoms with Crippen LogP contribution in [0.4, 0.5) is 11.4 Å². The predicted molar refractivity (Wildman–Crippen MR) is 88.9 cm³/mol. The lowest BCUT2D eigenvalue weighted by molar-refractivity contribution is -0.124. The van der Waals surface area contributed by atoms with Gasteiger partial charge in [-0.25, -0.2) is 0 Å². The fraction of sp³-hybridized carbons (Fsp3) is 0.222. The molecule has 0 fully saturated rings. The van der Waals surface area contributed by atoms with Crippen molar-refractivity contribution in [2.24, 2.45) is 0 Å². The number of hydrogen-bond acceptors (Lipinski definition) is 3. The van der Waals surface area contributed by atoms with E-state index in [2.05, 4.69) is 0 Å². The molecule has 23 heavy (non-hydrogen) atoms. The summed E-state index contributed by atoms with van der Waals surface area (Å²) in [5.74, 6) is 0.266. The third-order valence-electron chi connectivity index (χ3n) is 3.87. The summed E-state index contributed by atoms with van der Waals surface area (Å²) < 4.78 is 5.43. The van der Waals surface area contributed by atoms with Gasteiger partial charge in [0.1, 0.15) is 12.3 Å². The van der Waals surface area contributed by atoms with Crippen LogP contribution < -0.4 is 14.5 Å². The van der Waals surface area contributed by atoms with E-state index in [9.17, 15) is 9.59 Å². The van der Waals surface area contributed by atoms with Crippen molar-refractivity contribution in [3.8, 4) is 5.75 Å². The van der Waals surface area contributed by atoms with Crippen molar-refractivity contribution in [2.45, 2.75) is 6.92 Å². The molecule has 0 aliphatic carbocycles. The van der Waals surface area contributed by atoms with E-state index in [0.29, 0.717) is 11.4 Å². The van der Waals surface area contributed by atoms with Gasteiger partial charge >= 0.3 is 0 Å². The topological polar surface area (TPSA) is 49.9 Å². The summed E-state index contributed by atoms with van der Waals surface area (Å²) >= 11 is 0. The first kappa shape index (κ1) is 15.1. The number of ether oxygens (including phenoxy) is 1. The molecule has 0 N–H and O–H groups in total. The average molecular weight is 310 g/mol. The zero-order valence-corrected chi connectivity index (χ0v) is 13.2. The first-order chi connectivity index (χ1) is 11.1. The molecular weight excluding hydrogens is 292 g/mol. The second-order valence-corrected chi connectivity index (χ2v) is 5.53. The molecule has 0 bridgehead atoms. The van der Waals surface area contributed by atoms with Crippen LogP contribution in [0.1, 0.15) is 5.56 Å². The molecule has 0 unspecified atom stereocenters. The Kier molecular flexibility index (Phi) is 4.02. The number of hydrogen-bond donors (Lipinski definition) is 0. The van der Waals surface area contributed by atoms with Gasteiger partial charge in [0.25, 0.3) is 5.91 Å². The van der Waals surface area contributed by atoms with Gasteiger partial charge in [-0.2, -0.15) is 0 Å². The number of carbonyl (C=O) groups excluding carboxylic acids is 2. The van der Waals surface area contributed by atoms with Crippen LogP contribution in [-0.2, 0) is 9.59 Å². The third kappa shape index (κ3) is 3.04. The number of rotatable bonds is 3. The minimum absolute atomic E-state index is 0.00988. The maximum absolute atomic E-state index is 12.5. The van der Waals surface area contributed by atoms with Gasteiger partial charge in [0, 0.05) is 12.7 Å². The molecule has 5 nitrogen and oxygen atoms in total. The molecule has 3 rings (SSSR count). The van der Waals surface area contributed by atoms with Crippen molar-refractivity contribution < 1.29 is 14.3 Å². The van der Waals surface area contributed by atoms with E-state index in [4.69, 9.17) is 4.74 Å². The number of para-hydroxylation sites is 1. The molecule has 0 spiro atoms. The van der Waals surface area contributed by atoms with Crippen LogP contribution in [0, 0.1) is 6.92 Å². The van der Waals surface area contributed by atoms with Gasteiger partial charge < -0.3 is 9.64 Å². The molecule has 118 valence electrons. The van der Waals surface area contributed by atoms with Crippen LogP contribution in [0.15, 0.2) is 48.5 Å². The highest BCUT2D eigenvalue weighted by Crippen LogP contribution is 2.32. The molecule has 0 atom stereocenters. The third-order valence-corrected chi connectivity index (χ3v) is 3.87. The molecule has 0 radical (unpaired) electrons. The maximum atomic E-state index is 12.5. The molecule has 1 aliphatic rings. The minimum atomic E-state index is -0.210. The number of aryl methyl sites for hydroxylation is 1. The quantitative estimate of drug-likeness (QED) is 0.874. The highest BCUT2D eigenvalue weighted by molar-refractivity contribution is 6.05. The predicted octanol–water partition coefficient (Wildman–Crippen LogP) is 2.38. The summed E-state index contributed by atoms with van der Waals surface area (Å²) in [4.78, 5) is 27.8. The van der Waals surface area contributed by atoms with Crippen molar-refractivity contribution in [1.29, 1.82) is 0 Å². The largest absolute Gasteiger partial charge is 0.482 e. The number of nitrogens with zero attached hydrogens (tertiary/aromatic N) is 2. The van der Waals surface area contributed by atoms with Crippen molar-refractivity contribution in [2.75, 3.05) is 30.0 Å². The smallest absolute Gasteiger partial charge is 0.265 e. The van der Waals surface area contributed by atoms with Gasteiger partial charge in [-0.15, -0.1) is 0 Å². The normalized spacial score (nSPS) is 13.3. The van der Waals surface area contributed by atoms with E-state index >= 15 is 0 Å². The molecule has 0 saturated carbocycles. The van der Waals surface area contributed by atoms with Crippen molar-refractivity contribution in [3.05, 3.63) is 54.1 Å². The number of benzene rings is 2. The average Bonchev–Trinajstić information content (AvgIpc) is 2.57. The molecule has 0 saturated heterocycles. The summed E-state index contributed by atoms with van der Waals surface area (Å²) in [7, 11) is 1.71. The van der Waals surface area contributed by atoms with Gasteiger partial charge in [-0.05, 0) is 36.8 Å². The molecule has 2 aromatic rings.